The fourth-order valence-electron chi connectivity index (χ4n) is 1.75. The van der Waals surface area contributed by atoms with Gasteiger partial charge in [0.1, 0.15) is 5.69 Å². The predicted molar refractivity (Wildman–Crippen MR) is 70.2 cm³/mol. The molecule has 0 amide bonds. The van der Waals surface area contributed by atoms with Crippen molar-refractivity contribution in [2.45, 2.75) is 33.2 Å². The van der Waals surface area contributed by atoms with Crippen LogP contribution in [-0.4, -0.2) is 29.3 Å². The van der Waals surface area contributed by atoms with Crippen LogP contribution in [0.2, 0.25) is 0 Å². The quantitative estimate of drug-likeness (QED) is 0.728. The van der Waals surface area contributed by atoms with Gasteiger partial charge in [-0.3, -0.25) is 9.48 Å². The number of hydrogen-bond donors (Lipinski definition) is 0. The van der Waals surface area contributed by atoms with Gasteiger partial charge in [-0.05, 0) is 22.4 Å². The monoisotopic (exact) mass is 302 g/mol. The second-order valence-electron chi connectivity index (χ2n) is 4.11. The van der Waals surface area contributed by atoms with E-state index >= 15 is 0 Å². The van der Waals surface area contributed by atoms with Gasteiger partial charge < -0.3 is 4.74 Å². The van der Waals surface area contributed by atoms with E-state index in [0.717, 1.165) is 17.3 Å². The van der Waals surface area contributed by atoms with Crippen molar-refractivity contribution < 1.29 is 9.53 Å². The molecule has 1 rings (SSSR count). The lowest BCUT2D eigenvalue weighted by atomic mass is 9.99. The number of carbonyl (C=O) groups is 1. The molecule has 0 aliphatic carbocycles. The second-order valence-corrected chi connectivity index (χ2v) is 4.97. The van der Waals surface area contributed by atoms with Gasteiger partial charge in [0, 0.05) is 13.0 Å². The first kappa shape index (κ1) is 14.4. The Balaban J connectivity index is 2.87. The summed E-state index contributed by atoms with van der Waals surface area (Å²) in [5.74, 6) is 0.182. The highest BCUT2D eigenvalue weighted by Crippen LogP contribution is 2.21. The van der Waals surface area contributed by atoms with E-state index in [1.54, 1.807) is 18.0 Å². The van der Waals surface area contributed by atoms with Crippen LogP contribution in [0.5, 0.6) is 0 Å². The zero-order chi connectivity index (χ0) is 12.8. The topological polar surface area (TPSA) is 44.1 Å². The molecular formula is C12H19BrN2O2. The van der Waals surface area contributed by atoms with Crippen molar-refractivity contribution in [3.05, 3.63) is 16.4 Å². The normalized spacial score (nSPS) is 12.7. The second kappa shape index (κ2) is 6.91. The third kappa shape index (κ3) is 3.64. The Bertz CT molecular complexity index is 377. The van der Waals surface area contributed by atoms with Crippen LogP contribution >= 0.6 is 15.9 Å². The summed E-state index contributed by atoms with van der Waals surface area (Å²) in [6.45, 7) is 5.20. The predicted octanol–water partition coefficient (Wildman–Crippen LogP) is 2.91. The van der Waals surface area contributed by atoms with Crippen molar-refractivity contribution >= 4 is 21.7 Å². The van der Waals surface area contributed by atoms with Gasteiger partial charge in [0.15, 0.2) is 5.78 Å². The molecule has 17 heavy (non-hydrogen) atoms. The highest BCUT2D eigenvalue weighted by Gasteiger charge is 2.21. The van der Waals surface area contributed by atoms with Crippen LogP contribution in [0.1, 0.15) is 37.2 Å². The maximum absolute atomic E-state index is 12.3. The molecule has 4 nitrogen and oxygen atoms in total. The van der Waals surface area contributed by atoms with Gasteiger partial charge in [0.25, 0.3) is 0 Å². The zero-order valence-corrected chi connectivity index (χ0v) is 12.2. The van der Waals surface area contributed by atoms with Crippen molar-refractivity contribution in [3.63, 3.8) is 0 Å². The fourth-order valence-corrected chi connectivity index (χ4v) is 2.24. The molecule has 96 valence electrons. The maximum atomic E-state index is 12.3. The summed E-state index contributed by atoms with van der Waals surface area (Å²) in [7, 11) is 1.64. The van der Waals surface area contributed by atoms with E-state index in [4.69, 9.17) is 4.74 Å². The smallest absolute Gasteiger partial charge is 0.184 e. The van der Waals surface area contributed by atoms with E-state index < -0.39 is 0 Å². The minimum atomic E-state index is 0.0364. The van der Waals surface area contributed by atoms with E-state index in [1.165, 1.54) is 0 Å². The Morgan fingerprint density at radius 2 is 2.35 bits per heavy atom. The molecule has 0 aliphatic rings. The molecule has 1 aromatic heterocycles. The van der Waals surface area contributed by atoms with Crippen LogP contribution in [0.4, 0.5) is 0 Å². The molecule has 0 radical (unpaired) electrons. The molecule has 0 aromatic carbocycles. The summed E-state index contributed by atoms with van der Waals surface area (Å²) in [4.78, 5) is 12.3. The molecule has 1 aromatic rings. The Morgan fingerprint density at radius 3 is 2.94 bits per heavy atom. The first-order valence-corrected chi connectivity index (χ1v) is 6.65. The molecule has 0 spiro atoms. The van der Waals surface area contributed by atoms with Crippen molar-refractivity contribution in [2.24, 2.45) is 5.92 Å². The van der Waals surface area contributed by atoms with Gasteiger partial charge in [-0.1, -0.05) is 20.3 Å². The molecule has 1 heterocycles. The summed E-state index contributed by atoms with van der Waals surface area (Å²) in [6.07, 6.45) is 3.58. The molecular weight excluding hydrogens is 284 g/mol. The van der Waals surface area contributed by atoms with E-state index in [-0.39, 0.29) is 11.7 Å². The number of methoxy groups -OCH3 is 1. The van der Waals surface area contributed by atoms with E-state index in [2.05, 4.69) is 28.0 Å². The number of nitrogens with zero attached hydrogens (tertiary/aromatic N) is 2. The first-order valence-electron chi connectivity index (χ1n) is 5.86. The molecule has 5 heteroatoms. The number of carbonyl (C=O) groups excluding carboxylic acids is 1. The van der Waals surface area contributed by atoms with Gasteiger partial charge in [0.2, 0.25) is 0 Å². The van der Waals surface area contributed by atoms with Crippen molar-refractivity contribution in [1.29, 1.82) is 0 Å². The average Bonchev–Trinajstić information content (AvgIpc) is 2.67. The van der Waals surface area contributed by atoms with E-state index in [1.807, 2.05) is 6.92 Å². The summed E-state index contributed by atoms with van der Waals surface area (Å²) < 4.78 is 7.49. The number of ether oxygens (including phenoxy) is 1. The van der Waals surface area contributed by atoms with Gasteiger partial charge in [-0.2, -0.15) is 5.10 Å². The van der Waals surface area contributed by atoms with E-state index in [0.29, 0.717) is 18.8 Å². The van der Waals surface area contributed by atoms with Crippen molar-refractivity contribution in [3.8, 4) is 0 Å². The number of ketones is 1. The van der Waals surface area contributed by atoms with Gasteiger partial charge in [0.05, 0.1) is 23.8 Å². The van der Waals surface area contributed by atoms with Crippen molar-refractivity contribution in [1.82, 2.24) is 9.78 Å². The molecule has 0 bridgehead atoms. The van der Waals surface area contributed by atoms with Crippen LogP contribution in [0.15, 0.2) is 10.7 Å². The molecule has 0 saturated carbocycles. The zero-order valence-electron chi connectivity index (χ0n) is 10.6. The number of Topliss-reactive ketones (excluding diaryl/α,β-unsaturated/α-hetero) is 1. The van der Waals surface area contributed by atoms with E-state index in [9.17, 15) is 4.79 Å². The van der Waals surface area contributed by atoms with Crippen LogP contribution in [0.25, 0.3) is 0 Å². The summed E-state index contributed by atoms with van der Waals surface area (Å²) >= 11 is 3.38. The Hall–Kier alpha value is -0.680. The fraction of sp³-hybridized carbons (Fsp3) is 0.667. The Kier molecular flexibility index (Phi) is 5.85. The van der Waals surface area contributed by atoms with Gasteiger partial charge >= 0.3 is 0 Å². The van der Waals surface area contributed by atoms with Crippen LogP contribution < -0.4 is 0 Å². The summed E-state index contributed by atoms with van der Waals surface area (Å²) in [5, 5.41) is 4.19. The van der Waals surface area contributed by atoms with Crippen LogP contribution in [0, 0.1) is 5.92 Å². The average molecular weight is 303 g/mol. The molecule has 0 saturated heterocycles. The van der Waals surface area contributed by atoms with Crippen LogP contribution in [-0.2, 0) is 11.3 Å². The summed E-state index contributed by atoms with van der Waals surface area (Å²) in [6, 6.07) is 0. The van der Waals surface area contributed by atoms with Gasteiger partial charge in [-0.15, -0.1) is 0 Å². The Labute approximate surface area is 110 Å². The largest absolute Gasteiger partial charge is 0.383 e. The first-order chi connectivity index (χ1) is 8.11. The molecule has 0 fully saturated rings. The molecule has 0 N–H and O–H groups in total. The SMILES string of the molecule is CCCC(C)C(=O)c1c(Br)cnn1CCOC. The standard InChI is InChI=1S/C12H19BrN2O2/c1-4-5-9(2)12(16)11-10(13)8-14-15(11)6-7-17-3/h8-9H,4-7H2,1-3H3. The highest BCUT2D eigenvalue weighted by molar-refractivity contribution is 9.10. The molecule has 0 aliphatic heterocycles. The lowest BCUT2D eigenvalue weighted by Crippen LogP contribution is -2.19. The lowest BCUT2D eigenvalue weighted by molar-refractivity contribution is 0.0908. The minimum Gasteiger partial charge on any atom is -0.383 e. The number of halogens is 1. The third-order valence-electron chi connectivity index (χ3n) is 2.70. The Morgan fingerprint density at radius 1 is 1.65 bits per heavy atom. The number of hydrogen-bond acceptors (Lipinski definition) is 3. The summed E-state index contributed by atoms with van der Waals surface area (Å²) in [5.41, 5.74) is 0.656. The van der Waals surface area contributed by atoms with Crippen molar-refractivity contribution in [2.75, 3.05) is 13.7 Å². The molecule has 1 unspecified atom stereocenters. The third-order valence-corrected chi connectivity index (χ3v) is 3.29. The maximum Gasteiger partial charge on any atom is 0.184 e. The number of aromatic nitrogens is 2. The minimum absolute atomic E-state index is 0.0364. The van der Waals surface area contributed by atoms with Gasteiger partial charge in [-0.25, -0.2) is 0 Å². The van der Waals surface area contributed by atoms with Crippen LogP contribution in [0.3, 0.4) is 0 Å². The highest BCUT2D eigenvalue weighted by atomic mass is 79.9. The lowest BCUT2D eigenvalue weighted by Gasteiger charge is -2.11. The number of rotatable bonds is 7. The molecule has 1 atom stereocenters.